The lowest BCUT2D eigenvalue weighted by molar-refractivity contribution is 0.0446. The predicted octanol–water partition coefficient (Wildman–Crippen LogP) is 3.75. The van der Waals surface area contributed by atoms with E-state index in [1.54, 1.807) is 14.2 Å². The molecule has 1 fully saturated rings. The molecule has 1 aliphatic heterocycles. The molecule has 0 radical (unpaired) electrons. The second kappa shape index (κ2) is 7.83. The number of aliphatic imine (C=N–C) groups is 1. The molecular formula is C20H32FN3O. The fourth-order valence-electron chi connectivity index (χ4n) is 3.44. The van der Waals surface area contributed by atoms with E-state index in [0.29, 0.717) is 11.3 Å². The van der Waals surface area contributed by atoms with E-state index in [2.05, 4.69) is 42.5 Å². The number of methoxy groups -OCH3 is 1. The van der Waals surface area contributed by atoms with Crippen LogP contribution in [0.15, 0.2) is 17.1 Å². The third-order valence-electron chi connectivity index (χ3n) is 5.30. The lowest BCUT2D eigenvalue weighted by Crippen LogP contribution is -2.53. The standard InChI is InChI=1S/C20H32FN3O/c1-14(22-6)16-12-17(18(21)13-19(16)25-7)15(2)23-8-10-24(11-9-23)20(3,4)5/h12-13,15H,8-11H2,1-7H3. The van der Waals surface area contributed by atoms with Crippen LogP contribution in [0.4, 0.5) is 4.39 Å². The zero-order chi connectivity index (χ0) is 18.8. The Morgan fingerprint density at radius 2 is 1.80 bits per heavy atom. The van der Waals surface area contributed by atoms with Gasteiger partial charge in [0.2, 0.25) is 0 Å². The van der Waals surface area contributed by atoms with Gasteiger partial charge in [-0.3, -0.25) is 14.8 Å². The molecule has 1 aromatic carbocycles. The summed E-state index contributed by atoms with van der Waals surface area (Å²) in [4.78, 5) is 9.08. The van der Waals surface area contributed by atoms with Crippen LogP contribution in [0.3, 0.4) is 0 Å². The number of halogens is 1. The highest BCUT2D eigenvalue weighted by molar-refractivity contribution is 6.01. The summed E-state index contributed by atoms with van der Waals surface area (Å²) in [5, 5.41) is 0. The average molecular weight is 349 g/mol. The van der Waals surface area contributed by atoms with Gasteiger partial charge in [-0.1, -0.05) is 0 Å². The Labute approximate surface area is 151 Å². The van der Waals surface area contributed by atoms with Gasteiger partial charge < -0.3 is 4.74 Å². The molecule has 0 N–H and O–H groups in total. The van der Waals surface area contributed by atoms with Crippen LogP contribution in [0.5, 0.6) is 5.75 Å². The Balaban J connectivity index is 2.24. The number of benzene rings is 1. The first-order valence-electron chi connectivity index (χ1n) is 8.99. The summed E-state index contributed by atoms with van der Waals surface area (Å²) in [6.45, 7) is 14.6. The molecule has 0 saturated carbocycles. The minimum Gasteiger partial charge on any atom is -0.496 e. The monoisotopic (exact) mass is 349 g/mol. The molecule has 25 heavy (non-hydrogen) atoms. The average Bonchev–Trinajstić information content (AvgIpc) is 2.59. The van der Waals surface area contributed by atoms with Crippen molar-refractivity contribution in [2.45, 2.75) is 46.2 Å². The smallest absolute Gasteiger partial charge is 0.131 e. The SMILES string of the molecule is CN=C(C)c1cc(C(C)N2CCN(C(C)(C)C)CC2)c(F)cc1OC. The molecule has 0 spiro atoms. The lowest BCUT2D eigenvalue weighted by Gasteiger charge is -2.44. The van der Waals surface area contributed by atoms with Crippen molar-refractivity contribution < 1.29 is 9.13 Å². The van der Waals surface area contributed by atoms with Gasteiger partial charge in [0.1, 0.15) is 11.6 Å². The first-order valence-corrected chi connectivity index (χ1v) is 8.99. The van der Waals surface area contributed by atoms with E-state index < -0.39 is 0 Å². The van der Waals surface area contributed by atoms with Crippen LogP contribution in [-0.4, -0.2) is 61.4 Å². The zero-order valence-electron chi connectivity index (χ0n) is 16.7. The molecule has 2 rings (SSSR count). The Morgan fingerprint density at radius 1 is 1.20 bits per heavy atom. The van der Waals surface area contributed by atoms with Crippen molar-refractivity contribution in [1.29, 1.82) is 0 Å². The van der Waals surface area contributed by atoms with Crippen molar-refractivity contribution in [3.8, 4) is 5.75 Å². The van der Waals surface area contributed by atoms with Gasteiger partial charge in [-0.15, -0.1) is 0 Å². The molecule has 4 nitrogen and oxygen atoms in total. The van der Waals surface area contributed by atoms with Crippen LogP contribution in [-0.2, 0) is 0 Å². The Hall–Kier alpha value is -1.46. The minimum atomic E-state index is -0.213. The third kappa shape index (κ3) is 4.39. The fraction of sp³-hybridized carbons (Fsp3) is 0.650. The number of nitrogens with zero attached hydrogens (tertiary/aromatic N) is 3. The van der Waals surface area contributed by atoms with Gasteiger partial charge in [0.25, 0.3) is 0 Å². The maximum absolute atomic E-state index is 14.7. The Morgan fingerprint density at radius 3 is 2.28 bits per heavy atom. The van der Waals surface area contributed by atoms with Crippen molar-refractivity contribution in [1.82, 2.24) is 9.80 Å². The van der Waals surface area contributed by atoms with Crippen LogP contribution >= 0.6 is 0 Å². The first-order chi connectivity index (χ1) is 11.7. The number of ether oxygens (including phenoxy) is 1. The van der Waals surface area contributed by atoms with Crippen molar-refractivity contribution in [2.24, 2.45) is 4.99 Å². The molecule has 1 aliphatic rings. The second-order valence-electron chi connectivity index (χ2n) is 7.75. The lowest BCUT2D eigenvalue weighted by atomic mass is 9.98. The van der Waals surface area contributed by atoms with E-state index in [4.69, 9.17) is 4.74 Å². The maximum atomic E-state index is 14.7. The number of hydrogen-bond donors (Lipinski definition) is 0. The summed E-state index contributed by atoms with van der Waals surface area (Å²) in [7, 11) is 3.31. The molecule has 0 amide bonds. The van der Waals surface area contributed by atoms with E-state index in [1.165, 1.54) is 6.07 Å². The predicted molar refractivity (Wildman–Crippen MR) is 102 cm³/mol. The second-order valence-corrected chi connectivity index (χ2v) is 7.75. The molecule has 1 unspecified atom stereocenters. The summed E-state index contributed by atoms with van der Waals surface area (Å²) in [6.07, 6.45) is 0. The summed E-state index contributed by atoms with van der Waals surface area (Å²) in [5.41, 5.74) is 2.61. The van der Waals surface area contributed by atoms with Crippen LogP contribution in [0.1, 0.15) is 51.8 Å². The molecule has 140 valence electrons. The molecule has 1 heterocycles. The zero-order valence-corrected chi connectivity index (χ0v) is 16.7. The summed E-state index contributed by atoms with van der Waals surface area (Å²) >= 11 is 0. The molecular weight excluding hydrogens is 317 g/mol. The number of hydrogen-bond acceptors (Lipinski definition) is 4. The summed E-state index contributed by atoms with van der Waals surface area (Å²) in [5.74, 6) is 0.323. The van der Waals surface area contributed by atoms with Crippen molar-refractivity contribution >= 4 is 5.71 Å². The van der Waals surface area contributed by atoms with Crippen molar-refractivity contribution in [3.63, 3.8) is 0 Å². The van der Waals surface area contributed by atoms with Gasteiger partial charge in [-0.2, -0.15) is 0 Å². The van der Waals surface area contributed by atoms with Crippen molar-refractivity contribution in [3.05, 3.63) is 29.1 Å². The van der Waals surface area contributed by atoms with Crippen LogP contribution < -0.4 is 4.74 Å². The van der Waals surface area contributed by atoms with E-state index >= 15 is 0 Å². The molecule has 1 aromatic rings. The van der Waals surface area contributed by atoms with Gasteiger partial charge in [-0.25, -0.2) is 4.39 Å². The van der Waals surface area contributed by atoms with Gasteiger partial charge in [-0.05, 0) is 40.7 Å². The third-order valence-corrected chi connectivity index (χ3v) is 5.30. The Bertz CT molecular complexity index is 629. The minimum absolute atomic E-state index is 0.0245. The molecule has 1 atom stereocenters. The number of piperazine rings is 1. The van der Waals surface area contributed by atoms with Gasteiger partial charge in [0.05, 0.1) is 7.11 Å². The van der Waals surface area contributed by atoms with Gasteiger partial charge in [0.15, 0.2) is 0 Å². The van der Waals surface area contributed by atoms with E-state index in [0.717, 1.165) is 37.5 Å². The van der Waals surface area contributed by atoms with Gasteiger partial charge in [0, 0.05) is 67.7 Å². The molecule has 0 bridgehead atoms. The van der Waals surface area contributed by atoms with E-state index in [-0.39, 0.29) is 17.4 Å². The molecule has 1 saturated heterocycles. The molecule has 5 heteroatoms. The van der Waals surface area contributed by atoms with Crippen LogP contribution in [0.2, 0.25) is 0 Å². The van der Waals surface area contributed by atoms with E-state index in [9.17, 15) is 4.39 Å². The topological polar surface area (TPSA) is 28.1 Å². The highest BCUT2D eigenvalue weighted by Crippen LogP contribution is 2.31. The maximum Gasteiger partial charge on any atom is 0.131 e. The Kier molecular flexibility index (Phi) is 6.22. The summed E-state index contributed by atoms with van der Waals surface area (Å²) < 4.78 is 20.0. The summed E-state index contributed by atoms with van der Waals surface area (Å²) in [6, 6.07) is 3.41. The number of rotatable bonds is 4. The van der Waals surface area contributed by atoms with Crippen molar-refractivity contribution in [2.75, 3.05) is 40.3 Å². The molecule has 0 aromatic heterocycles. The fourth-order valence-corrected chi connectivity index (χ4v) is 3.44. The van der Waals surface area contributed by atoms with Crippen LogP contribution in [0, 0.1) is 5.82 Å². The highest BCUT2D eigenvalue weighted by atomic mass is 19.1. The largest absolute Gasteiger partial charge is 0.496 e. The van der Waals surface area contributed by atoms with Gasteiger partial charge >= 0.3 is 0 Å². The van der Waals surface area contributed by atoms with E-state index in [1.807, 2.05) is 13.0 Å². The molecule has 0 aliphatic carbocycles. The quantitative estimate of drug-likeness (QED) is 0.775. The van der Waals surface area contributed by atoms with Crippen LogP contribution in [0.25, 0.3) is 0 Å². The highest BCUT2D eigenvalue weighted by Gasteiger charge is 2.29. The normalized spacial score (nSPS) is 19.1. The first kappa shape index (κ1) is 19.9.